The predicted molar refractivity (Wildman–Crippen MR) is 114 cm³/mol. The molecule has 2 aliphatic rings. The van der Waals surface area contributed by atoms with Crippen LogP contribution >= 0.6 is 15.9 Å². The van der Waals surface area contributed by atoms with Crippen LogP contribution in [0.15, 0.2) is 29.2 Å². The molecule has 2 fully saturated rings. The van der Waals surface area contributed by atoms with Crippen molar-refractivity contribution in [1.29, 1.82) is 0 Å². The summed E-state index contributed by atoms with van der Waals surface area (Å²) in [7, 11) is -3.58. The fourth-order valence-corrected chi connectivity index (χ4v) is 6.94. The molecule has 7 atom stereocenters. The van der Waals surface area contributed by atoms with Crippen LogP contribution in [0.4, 0.5) is 0 Å². The maximum absolute atomic E-state index is 13.1. The number of benzene rings is 1. The van der Waals surface area contributed by atoms with Crippen molar-refractivity contribution in [2.24, 2.45) is 11.8 Å². The molecule has 3 rings (SSSR count). The van der Waals surface area contributed by atoms with Crippen LogP contribution in [-0.2, 0) is 38.4 Å². The fraction of sp³-hybridized carbons (Fsp3) is 0.619. The molecule has 0 N–H and O–H groups in total. The summed E-state index contributed by atoms with van der Waals surface area (Å²) in [6, 6.07) is 6.72. The van der Waals surface area contributed by atoms with E-state index in [4.69, 9.17) is 18.9 Å². The lowest BCUT2D eigenvalue weighted by Gasteiger charge is -2.41. The molecule has 0 aliphatic carbocycles. The van der Waals surface area contributed by atoms with Gasteiger partial charge in [0, 0.05) is 25.7 Å². The molecule has 0 spiro atoms. The monoisotopic (exact) mass is 518 g/mol. The highest BCUT2D eigenvalue weighted by Crippen LogP contribution is 2.45. The lowest BCUT2D eigenvalue weighted by atomic mass is 9.84. The molecule has 0 radical (unpaired) electrons. The normalized spacial score (nSPS) is 32.9. The Balaban J connectivity index is 1.84. The first-order chi connectivity index (χ1) is 14.5. The summed E-state index contributed by atoms with van der Waals surface area (Å²) in [5.74, 6) is -1.91. The van der Waals surface area contributed by atoms with Gasteiger partial charge in [-0.1, -0.05) is 33.6 Å². The molecular formula is C21H27BrO8S. The van der Waals surface area contributed by atoms with Crippen molar-refractivity contribution in [3.8, 4) is 0 Å². The maximum atomic E-state index is 13.1. The molecular weight excluding hydrogens is 492 g/mol. The zero-order chi connectivity index (χ0) is 22.9. The molecule has 0 bridgehead atoms. The molecule has 31 heavy (non-hydrogen) atoms. The summed E-state index contributed by atoms with van der Waals surface area (Å²) in [4.78, 5) is 22.7. The van der Waals surface area contributed by atoms with Gasteiger partial charge in [0.25, 0.3) is 0 Å². The van der Waals surface area contributed by atoms with Crippen molar-refractivity contribution in [2.75, 3.05) is 12.4 Å². The highest BCUT2D eigenvalue weighted by molar-refractivity contribution is 9.09. The summed E-state index contributed by atoms with van der Waals surface area (Å²) < 4.78 is 48.6. The van der Waals surface area contributed by atoms with Crippen LogP contribution < -0.4 is 0 Å². The van der Waals surface area contributed by atoms with E-state index in [9.17, 15) is 18.0 Å². The van der Waals surface area contributed by atoms with Crippen molar-refractivity contribution in [1.82, 2.24) is 0 Å². The Morgan fingerprint density at radius 3 is 2.32 bits per heavy atom. The van der Waals surface area contributed by atoms with Gasteiger partial charge in [-0.2, -0.15) is 0 Å². The minimum Gasteiger partial charge on any atom is -0.463 e. The quantitative estimate of drug-likeness (QED) is 0.417. The van der Waals surface area contributed by atoms with Crippen molar-refractivity contribution in [3.05, 3.63) is 29.8 Å². The minimum absolute atomic E-state index is 0.108. The third kappa shape index (κ3) is 5.47. The first kappa shape index (κ1) is 24.2. The molecule has 0 unspecified atom stereocenters. The summed E-state index contributed by atoms with van der Waals surface area (Å²) in [5.41, 5.74) is 0.973. The first-order valence-electron chi connectivity index (χ1n) is 10.0. The summed E-state index contributed by atoms with van der Waals surface area (Å²) in [6.07, 6.45) is -2.62. The van der Waals surface area contributed by atoms with Crippen LogP contribution in [-0.4, -0.2) is 62.1 Å². The zero-order valence-corrected chi connectivity index (χ0v) is 20.2. The third-order valence-electron chi connectivity index (χ3n) is 5.66. The molecule has 10 heteroatoms. The Morgan fingerprint density at radius 1 is 1.10 bits per heavy atom. The van der Waals surface area contributed by atoms with E-state index >= 15 is 0 Å². The fourth-order valence-electron chi connectivity index (χ4n) is 4.11. The summed E-state index contributed by atoms with van der Waals surface area (Å²) in [5, 5.41) is 0. The molecule has 2 heterocycles. The Bertz CT molecular complexity index is 916. The molecule has 0 amide bonds. The van der Waals surface area contributed by atoms with Gasteiger partial charge in [-0.15, -0.1) is 0 Å². The largest absolute Gasteiger partial charge is 0.463 e. The molecule has 1 aromatic carbocycles. The third-order valence-corrected chi connectivity index (χ3v) is 8.61. The summed E-state index contributed by atoms with van der Waals surface area (Å²) in [6.45, 7) is 6.14. The standard InChI is InChI=1S/C21H27BrO8S/c1-11-5-7-15(8-6-11)31(25,26)10-16-12(2)28-21-18(16)19(22)20(29-14(4)24)17(30-21)9-27-13(3)23/h5-8,12,16-21H,9-10H2,1-4H3/t12-,16+,17-,18-,19-,20-,21+/m0/s1. The number of esters is 2. The van der Waals surface area contributed by atoms with Crippen molar-refractivity contribution >= 4 is 37.7 Å². The van der Waals surface area contributed by atoms with E-state index in [2.05, 4.69) is 15.9 Å². The Morgan fingerprint density at radius 2 is 1.74 bits per heavy atom. The van der Waals surface area contributed by atoms with Gasteiger partial charge in [0.05, 0.1) is 21.6 Å². The Kier molecular flexibility index (Phi) is 7.45. The second-order valence-corrected chi connectivity index (χ2v) is 11.1. The summed E-state index contributed by atoms with van der Waals surface area (Å²) >= 11 is 3.61. The number of halogens is 1. The average molecular weight is 519 g/mol. The molecule has 2 saturated heterocycles. The van der Waals surface area contributed by atoms with Gasteiger partial charge in [0.1, 0.15) is 18.8 Å². The van der Waals surface area contributed by atoms with Gasteiger partial charge in [-0.05, 0) is 26.0 Å². The second-order valence-electron chi connectivity index (χ2n) is 8.04. The molecule has 8 nitrogen and oxygen atoms in total. The van der Waals surface area contributed by atoms with E-state index in [1.54, 1.807) is 31.2 Å². The van der Waals surface area contributed by atoms with Gasteiger partial charge in [0.2, 0.25) is 0 Å². The van der Waals surface area contributed by atoms with Gasteiger partial charge in [-0.25, -0.2) is 8.42 Å². The first-order valence-corrected chi connectivity index (χ1v) is 12.6. The second kappa shape index (κ2) is 9.56. The highest BCUT2D eigenvalue weighted by atomic mass is 79.9. The van der Waals surface area contributed by atoms with E-state index in [-0.39, 0.29) is 23.2 Å². The van der Waals surface area contributed by atoms with Crippen LogP contribution in [0.3, 0.4) is 0 Å². The van der Waals surface area contributed by atoms with Crippen LogP contribution in [0.2, 0.25) is 0 Å². The number of hydrogen-bond acceptors (Lipinski definition) is 8. The van der Waals surface area contributed by atoms with Gasteiger partial charge in [-0.3, -0.25) is 9.59 Å². The maximum Gasteiger partial charge on any atom is 0.303 e. The van der Waals surface area contributed by atoms with E-state index in [1.165, 1.54) is 13.8 Å². The number of sulfone groups is 1. The molecule has 0 aromatic heterocycles. The average Bonchev–Trinajstić information content (AvgIpc) is 2.97. The highest BCUT2D eigenvalue weighted by Gasteiger charge is 2.56. The predicted octanol–water partition coefficient (Wildman–Crippen LogP) is 2.40. The topological polar surface area (TPSA) is 105 Å². The van der Waals surface area contributed by atoms with Gasteiger partial charge >= 0.3 is 11.9 Å². The van der Waals surface area contributed by atoms with Crippen molar-refractivity contribution in [3.63, 3.8) is 0 Å². The van der Waals surface area contributed by atoms with Crippen LogP contribution in [0.1, 0.15) is 26.3 Å². The zero-order valence-electron chi connectivity index (χ0n) is 17.8. The SMILES string of the molecule is CC(=O)OC[C@@H]1O[C@H]2O[C@@H](C)[C@@H](CS(=O)(=O)c3ccc(C)cc3)[C@H]2[C@H](Br)[C@H]1OC(C)=O. The lowest BCUT2D eigenvalue weighted by Crippen LogP contribution is -2.55. The number of aryl methyl sites for hydroxylation is 1. The van der Waals surface area contributed by atoms with Crippen LogP contribution in [0, 0.1) is 18.8 Å². The van der Waals surface area contributed by atoms with Crippen LogP contribution in [0.25, 0.3) is 0 Å². The molecule has 172 valence electrons. The molecule has 1 aromatic rings. The van der Waals surface area contributed by atoms with E-state index < -0.39 is 57.1 Å². The number of carbonyl (C=O) groups excluding carboxylic acids is 2. The molecule has 2 aliphatic heterocycles. The Hall–Kier alpha value is -1.49. The van der Waals surface area contributed by atoms with Gasteiger partial charge in [0.15, 0.2) is 16.1 Å². The van der Waals surface area contributed by atoms with E-state index in [1.807, 2.05) is 6.92 Å². The number of fused-ring (bicyclic) bond motifs is 1. The number of hydrogen-bond donors (Lipinski definition) is 0. The van der Waals surface area contributed by atoms with Gasteiger partial charge < -0.3 is 18.9 Å². The number of alkyl halides is 1. The lowest BCUT2D eigenvalue weighted by molar-refractivity contribution is -0.238. The smallest absolute Gasteiger partial charge is 0.303 e. The number of carbonyl (C=O) groups is 2. The van der Waals surface area contributed by atoms with Crippen LogP contribution in [0.5, 0.6) is 0 Å². The minimum atomic E-state index is -3.58. The van der Waals surface area contributed by atoms with E-state index in [0.717, 1.165) is 5.56 Å². The Labute approximate surface area is 190 Å². The molecule has 0 saturated carbocycles. The number of rotatable bonds is 6. The van der Waals surface area contributed by atoms with Crippen molar-refractivity contribution in [2.45, 2.75) is 62.0 Å². The number of ether oxygens (including phenoxy) is 4. The van der Waals surface area contributed by atoms with E-state index in [0.29, 0.717) is 0 Å². The van der Waals surface area contributed by atoms with Crippen molar-refractivity contribution < 1.29 is 37.0 Å².